The van der Waals surface area contributed by atoms with Gasteiger partial charge in [0.25, 0.3) is 0 Å². The Labute approximate surface area is 202 Å². The molecule has 0 saturated carbocycles. The molecule has 0 saturated heterocycles. The van der Waals surface area contributed by atoms with Crippen LogP contribution in [0.4, 0.5) is 43.9 Å². The number of carbonyl (C=O) groups is 4. The number of hydrogen-bond donors (Lipinski definition) is 0. The van der Waals surface area contributed by atoms with E-state index in [-0.39, 0.29) is 0 Å². The van der Waals surface area contributed by atoms with Gasteiger partial charge in [0.15, 0.2) is 0 Å². The molecule has 8 nitrogen and oxygen atoms in total. The molecular formula is C20H8F10O8. The van der Waals surface area contributed by atoms with Crippen molar-refractivity contribution in [2.45, 2.75) is 26.1 Å². The van der Waals surface area contributed by atoms with Crippen molar-refractivity contribution in [2.24, 2.45) is 0 Å². The second-order valence-electron chi connectivity index (χ2n) is 6.70. The first kappa shape index (κ1) is 29.8. The predicted molar refractivity (Wildman–Crippen MR) is 94.8 cm³/mol. The molecule has 2 unspecified atom stereocenters. The SMILES string of the molecule is CC(=O)OC(C(=O)Oc1c(F)c(F)c(F)c(F)c1F)C(OC(C)=O)C(=O)Oc1c(F)c(F)c(F)c(F)c1F. The monoisotopic (exact) mass is 566 g/mol. The zero-order chi connectivity index (χ0) is 29.2. The van der Waals surface area contributed by atoms with Crippen LogP contribution in [0, 0.1) is 58.2 Å². The molecule has 0 N–H and O–H groups in total. The molecule has 0 aliphatic rings. The maximum Gasteiger partial charge on any atom is 0.357 e. The van der Waals surface area contributed by atoms with Gasteiger partial charge in [-0.3, -0.25) is 9.59 Å². The van der Waals surface area contributed by atoms with Gasteiger partial charge in [0, 0.05) is 13.8 Å². The Morgan fingerprint density at radius 1 is 0.447 bits per heavy atom. The van der Waals surface area contributed by atoms with Gasteiger partial charge in [0.05, 0.1) is 0 Å². The molecule has 38 heavy (non-hydrogen) atoms. The molecule has 2 aromatic rings. The molecule has 0 aliphatic carbocycles. The maximum absolute atomic E-state index is 13.9. The van der Waals surface area contributed by atoms with Gasteiger partial charge in [0.1, 0.15) is 0 Å². The van der Waals surface area contributed by atoms with Crippen LogP contribution in [-0.2, 0) is 28.7 Å². The summed E-state index contributed by atoms with van der Waals surface area (Å²) in [5.41, 5.74) is 0. The number of benzene rings is 2. The second-order valence-corrected chi connectivity index (χ2v) is 6.70. The molecule has 2 rings (SSSR count). The topological polar surface area (TPSA) is 105 Å². The minimum absolute atomic E-state index is 0.499. The number of rotatable bonds is 7. The molecule has 18 heteroatoms. The number of halogens is 10. The summed E-state index contributed by atoms with van der Waals surface area (Å²) in [7, 11) is 0. The lowest BCUT2D eigenvalue weighted by molar-refractivity contribution is -0.184. The summed E-state index contributed by atoms with van der Waals surface area (Å²) in [5, 5.41) is 0. The van der Waals surface area contributed by atoms with Crippen molar-refractivity contribution < 1.29 is 82.0 Å². The highest BCUT2D eigenvalue weighted by Crippen LogP contribution is 2.31. The van der Waals surface area contributed by atoms with Crippen molar-refractivity contribution in [3.05, 3.63) is 58.2 Å². The van der Waals surface area contributed by atoms with Gasteiger partial charge in [-0.25, -0.2) is 35.9 Å². The van der Waals surface area contributed by atoms with Crippen LogP contribution < -0.4 is 9.47 Å². The Morgan fingerprint density at radius 3 is 0.868 bits per heavy atom. The molecule has 2 atom stereocenters. The fraction of sp³-hybridized carbons (Fsp3) is 0.200. The smallest absolute Gasteiger partial charge is 0.357 e. The number of carbonyl (C=O) groups excluding carboxylic acids is 4. The van der Waals surface area contributed by atoms with E-state index >= 15 is 0 Å². The fourth-order valence-corrected chi connectivity index (χ4v) is 2.49. The van der Waals surface area contributed by atoms with Crippen LogP contribution in [0.25, 0.3) is 0 Å². The Kier molecular flexibility index (Phi) is 8.91. The summed E-state index contributed by atoms with van der Waals surface area (Å²) in [4.78, 5) is 47.7. The zero-order valence-electron chi connectivity index (χ0n) is 18.2. The van der Waals surface area contributed by atoms with Gasteiger partial charge in [-0.1, -0.05) is 0 Å². The maximum atomic E-state index is 13.9. The van der Waals surface area contributed by atoms with Gasteiger partial charge in [0.2, 0.25) is 81.9 Å². The summed E-state index contributed by atoms with van der Waals surface area (Å²) >= 11 is 0. The summed E-state index contributed by atoms with van der Waals surface area (Å²) in [6, 6.07) is 0. The molecular weight excluding hydrogens is 558 g/mol. The normalized spacial score (nSPS) is 12.4. The average molecular weight is 566 g/mol. The first-order chi connectivity index (χ1) is 17.5. The minimum Gasteiger partial charge on any atom is -0.446 e. The van der Waals surface area contributed by atoms with Crippen LogP contribution in [0.15, 0.2) is 0 Å². The third-order valence-electron chi connectivity index (χ3n) is 4.07. The lowest BCUT2D eigenvalue weighted by Crippen LogP contribution is -2.49. The highest BCUT2D eigenvalue weighted by molar-refractivity contribution is 5.90. The van der Waals surface area contributed by atoms with E-state index in [0.717, 1.165) is 0 Å². The standard InChI is InChI=1S/C20H8F10O8/c1-3(31)35-17(19(33)37-15-11(27)7(23)5(21)8(24)12(15)28)18(36-4(2)32)20(34)38-16-13(29)9(25)6(22)10(26)14(16)30/h17-18H,1-2H3. The second kappa shape index (κ2) is 11.3. The van der Waals surface area contributed by atoms with Crippen molar-refractivity contribution in [3.8, 4) is 11.5 Å². The summed E-state index contributed by atoms with van der Waals surface area (Å²) in [5.74, 6) is -39.3. The third kappa shape index (κ3) is 5.78. The van der Waals surface area contributed by atoms with Crippen LogP contribution in [0.1, 0.15) is 13.8 Å². The van der Waals surface area contributed by atoms with E-state index in [9.17, 15) is 63.1 Å². The summed E-state index contributed by atoms with van der Waals surface area (Å²) in [6.45, 7) is 0.998. The lowest BCUT2D eigenvalue weighted by atomic mass is 10.2. The van der Waals surface area contributed by atoms with Gasteiger partial charge in [-0.2, -0.15) is 17.6 Å². The average Bonchev–Trinajstić information content (AvgIpc) is 2.85. The molecule has 0 aliphatic heterocycles. The Morgan fingerprint density at radius 2 is 0.658 bits per heavy atom. The van der Waals surface area contributed by atoms with Crippen LogP contribution in [-0.4, -0.2) is 36.1 Å². The molecule has 206 valence electrons. The molecule has 0 fully saturated rings. The van der Waals surface area contributed by atoms with E-state index in [1.54, 1.807) is 0 Å². The molecule has 2 aromatic carbocycles. The number of esters is 4. The summed E-state index contributed by atoms with van der Waals surface area (Å²) < 4.78 is 152. The third-order valence-corrected chi connectivity index (χ3v) is 4.07. The van der Waals surface area contributed by atoms with E-state index in [4.69, 9.17) is 0 Å². The summed E-state index contributed by atoms with van der Waals surface area (Å²) in [6.07, 6.45) is -6.14. The van der Waals surface area contributed by atoms with Gasteiger partial charge in [-0.15, -0.1) is 0 Å². The molecule has 0 heterocycles. The van der Waals surface area contributed by atoms with Gasteiger partial charge in [-0.05, 0) is 0 Å². The molecule has 0 spiro atoms. The van der Waals surface area contributed by atoms with Crippen LogP contribution in [0.2, 0.25) is 0 Å². The molecule has 0 amide bonds. The van der Waals surface area contributed by atoms with Crippen molar-refractivity contribution in [3.63, 3.8) is 0 Å². The van der Waals surface area contributed by atoms with E-state index in [0.29, 0.717) is 13.8 Å². The first-order valence-electron chi connectivity index (χ1n) is 9.31. The zero-order valence-corrected chi connectivity index (χ0v) is 18.2. The Hall–Kier alpha value is -4.38. The van der Waals surface area contributed by atoms with Gasteiger partial charge >= 0.3 is 23.9 Å². The van der Waals surface area contributed by atoms with Crippen molar-refractivity contribution in [2.75, 3.05) is 0 Å². The van der Waals surface area contributed by atoms with Crippen molar-refractivity contribution in [1.29, 1.82) is 0 Å². The first-order valence-corrected chi connectivity index (χ1v) is 9.31. The minimum atomic E-state index is -3.07. The largest absolute Gasteiger partial charge is 0.446 e. The highest BCUT2D eigenvalue weighted by atomic mass is 19.2. The number of ether oxygens (including phenoxy) is 4. The van der Waals surface area contributed by atoms with Crippen LogP contribution >= 0.6 is 0 Å². The van der Waals surface area contributed by atoms with Crippen molar-refractivity contribution >= 4 is 23.9 Å². The molecule has 0 aromatic heterocycles. The molecule has 0 bridgehead atoms. The van der Waals surface area contributed by atoms with Crippen LogP contribution in [0.3, 0.4) is 0 Å². The highest BCUT2D eigenvalue weighted by Gasteiger charge is 2.44. The van der Waals surface area contributed by atoms with Crippen molar-refractivity contribution in [1.82, 2.24) is 0 Å². The van der Waals surface area contributed by atoms with E-state index in [2.05, 4.69) is 18.9 Å². The number of hydrogen-bond acceptors (Lipinski definition) is 8. The molecule has 0 radical (unpaired) electrons. The Balaban J connectivity index is 2.57. The van der Waals surface area contributed by atoms with Gasteiger partial charge < -0.3 is 18.9 Å². The lowest BCUT2D eigenvalue weighted by Gasteiger charge is -2.23. The fourth-order valence-electron chi connectivity index (χ4n) is 2.49. The van der Waals surface area contributed by atoms with Crippen LogP contribution in [0.5, 0.6) is 11.5 Å². The van der Waals surface area contributed by atoms with E-state index in [1.807, 2.05) is 0 Å². The Bertz CT molecular complexity index is 1190. The predicted octanol–water partition coefficient (Wildman–Crippen LogP) is 3.45. The quantitative estimate of drug-likeness (QED) is 0.165. The van der Waals surface area contributed by atoms with E-state index < -0.39 is 106 Å². The van der Waals surface area contributed by atoms with E-state index in [1.165, 1.54) is 0 Å².